The molecule has 0 aliphatic carbocycles. The Morgan fingerprint density at radius 2 is 2.38 bits per heavy atom. The molecule has 0 aromatic carbocycles. The minimum Gasteiger partial charge on any atom is -0.427 e. The maximum atomic E-state index is 12.3. The van der Waals surface area contributed by atoms with Crippen LogP contribution in [-0.2, 0) is 6.42 Å². The van der Waals surface area contributed by atoms with Gasteiger partial charge in [-0.25, -0.2) is 4.79 Å². The molecule has 0 radical (unpaired) electrons. The highest BCUT2D eigenvalue weighted by atomic mass is 16.4. The molecular weight excluding hydrogens is 312 g/mol. The Morgan fingerprint density at radius 1 is 1.50 bits per heavy atom. The summed E-state index contributed by atoms with van der Waals surface area (Å²) in [7, 11) is 0. The molecule has 1 aliphatic rings. The van der Waals surface area contributed by atoms with Crippen LogP contribution in [0.2, 0.25) is 0 Å². The number of nitrogens with zero attached hydrogens (tertiary/aromatic N) is 3. The van der Waals surface area contributed by atoms with Gasteiger partial charge in [-0.3, -0.25) is 4.79 Å². The van der Waals surface area contributed by atoms with Crippen molar-refractivity contribution >= 4 is 5.91 Å². The topological polar surface area (TPSA) is 126 Å². The van der Waals surface area contributed by atoms with Crippen molar-refractivity contribution in [2.75, 3.05) is 19.6 Å². The Balaban J connectivity index is 1.68. The van der Waals surface area contributed by atoms with Gasteiger partial charge < -0.3 is 15.1 Å². The van der Waals surface area contributed by atoms with Crippen molar-refractivity contribution in [2.45, 2.75) is 32.1 Å². The van der Waals surface area contributed by atoms with Crippen molar-refractivity contribution in [1.29, 1.82) is 0 Å². The molecule has 1 unspecified atom stereocenters. The van der Waals surface area contributed by atoms with E-state index >= 15 is 0 Å². The van der Waals surface area contributed by atoms with E-state index in [1.165, 1.54) is 0 Å². The number of hydrogen-bond acceptors (Lipinski definition) is 7. The maximum absolute atomic E-state index is 12.3. The van der Waals surface area contributed by atoms with Crippen molar-refractivity contribution in [2.24, 2.45) is 0 Å². The molecule has 1 saturated heterocycles. The Bertz CT molecular complexity index is 749. The summed E-state index contributed by atoms with van der Waals surface area (Å²) in [6.45, 7) is 3.84. The second-order valence-corrected chi connectivity index (χ2v) is 5.87. The molecule has 1 fully saturated rings. The van der Waals surface area contributed by atoms with Crippen molar-refractivity contribution in [3.05, 3.63) is 39.2 Å². The fourth-order valence-electron chi connectivity index (χ4n) is 2.87. The van der Waals surface area contributed by atoms with E-state index in [0.717, 1.165) is 25.9 Å². The van der Waals surface area contributed by atoms with Gasteiger partial charge in [-0.1, -0.05) is 5.21 Å². The van der Waals surface area contributed by atoms with Crippen LogP contribution in [0.4, 0.5) is 0 Å². The summed E-state index contributed by atoms with van der Waals surface area (Å²) in [5.74, 6) is 0.880. The van der Waals surface area contributed by atoms with Gasteiger partial charge in [0, 0.05) is 25.4 Å². The lowest BCUT2D eigenvalue weighted by molar-refractivity contribution is 0.0948. The van der Waals surface area contributed by atoms with Crippen LogP contribution in [0.15, 0.2) is 15.3 Å². The molecule has 3 heterocycles. The molecule has 128 valence electrons. The minimum atomic E-state index is -0.590. The molecule has 1 amide bonds. The van der Waals surface area contributed by atoms with E-state index in [2.05, 4.69) is 31.3 Å². The van der Waals surface area contributed by atoms with Gasteiger partial charge in [0.15, 0.2) is 5.82 Å². The molecule has 3 rings (SSSR count). The van der Waals surface area contributed by atoms with E-state index in [1.807, 2.05) is 0 Å². The van der Waals surface area contributed by atoms with Crippen LogP contribution in [0.3, 0.4) is 0 Å². The largest absolute Gasteiger partial charge is 0.427 e. The fraction of sp³-hybridized carbons (Fsp3) is 0.533. The Hall–Kier alpha value is -2.55. The third-order valence-corrected chi connectivity index (χ3v) is 4.12. The van der Waals surface area contributed by atoms with Gasteiger partial charge in [0.05, 0.1) is 0 Å². The van der Waals surface area contributed by atoms with Gasteiger partial charge in [-0.15, -0.1) is 10.2 Å². The van der Waals surface area contributed by atoms with Crippen LogP contribution < -0.4 is 16.3 Å². The highest BCUT2D eigenvalue weighted by molar-refractivity contribution is 5.95. The smallest absolute Gasteiger partial charge is 0.349 e. The molecule has 3 N–H and O–H groups in total. The molecule has 2 aromatic rings. The fourth-order valence-corrected chi connectivity index (χ4v) is 2.87. The van der Waals surface area contributed by atoms with E-state index in [4.69, 9.17) is 4.42 Å². The monoisotopic (exact) mass is 332 g/mol. The van der Waals surface area contributed by atoms with Crippen LogP contribution in [0, 0.1) is 6.92 Å². The van der Waals surface area contributed by atoms with Gasteiger partial charge in [0.1, 0.15) is 11.3 Å². The molecule has 1 aliphatic heterocycles. The molecule has 0 saturated carbocycles. The number of carbonyl (C=O) groups is 1. The highest BCUT2D eigenvalue weighted by Crippen LogP contribution is 2.23. The molecule has 9 heteroatoms. The normalized spacial score (nSPS) is 17.6. The first kappa shape index (κ1) is 16.3. The first-order valence-corrected chi connectivity index (χ1v) is 8.01. The lowest BCUT2D eigenvalue weighted by atomic mass is 9.95. The molecule has 0 bridgehead atoms. The zero-order valence-corrected chi connectivity index (χ0v) is 13.5. The number of rotatable bonds is 5. The number of aromatic nitrogens is 4. The number of aryl methyl sites for hydroxylation is 1. The number of H-pyrrole nitrogens is 1. The molecule has 1 atom stereocenters. The van der Waals surface area contributed by atoms with E-state index < -0.39 is 11.5 Å². The average Bonchev–Trinajstić information content (AvgIpc) is 3.08. The van der Waals surface area contributed by atoms with Crippen molar-refractivity contribution in [1.82, 2.24) is 31.3 Å². The van der Waals surface area contributed by atoms with Crippen LogP contribution >= 0.6 is 0 Å². The third-order valence-electron chi connectivity index (χ3n) is 4.12. The number of carbonyl (C=O) groups excluding carboxylic acids is 1. The van der Waals surface area contributed by atoms with Crippen LogP contribution in [-0.4, -0.2) is 46.2 Å². The number of tetrazole rings is 1. The van der Waals surface area contributed by atoms with Gasteiger partial charge in [-0.05, 0) is 37.9 Å². The van der Waals surface area contributed by atoms with Gasteiger partial charge >= 0.3 is 5.63 Å². The SMILES string of the molecule is Cc1cc(C2CCCNC2)oc(=O)c1C(=O)NCCc1nn[nH]n1. The first-order chi connectivity index (χ1) is 11.6. The summed E-state index contributed by atoms with van der Waals surface area (Å²) in [5.41, 5.74) is 0.0900. The summed E-state index contributed by atoms with van der Waals surface area (Å²) >= 11 is 0. The summed E-state index contributed by atoms with van der Waals surface area (Å²) in [6.07, 6.45) is 2.45. The number of hydrogen-bond donors (Lipinski definition) is 3. The van der Waals surface area contributed by atoms with Gasteiger partial charge in [0.2, 0.25) is 0 Å². The molecule has 9 nitrogen and oxygen atoms in total. The molecule has 0 spiro atoms. The van der Waals surface area contributed by atoms with E-state index in [0.29, 0.717) is 30.1 Å². The predicted octanol–water partition coefficient (Wildman–Crippen LogP) is -0.0992. The van der Waals surface area contributed by atoms with Crippen molar-refractivity contribution in [3.8, 4) is 0 Å². The summed E-state index contributed by atoms with van der Waals surface area (Å²) in [5, 5.41) is 19.4. The second-order valence-electron chi connectivity index (χ2n) is 5.87. The van der Waals surface area contributed by atoms with Gasteiger partial charge in [-0.2, -0.15) is 5.21 Å². The second kappa shape index (κ2) is 7.35. The number of amides is 1. The standard InChI is InChI=1S/C15H20N6O3/c1-9-7-11(10-3-2-5-16-8-10)24-15(23)13(9)14(22)17-6-4-12-18-20-21-19-12/h7,10,16H,2-6,8H2,1H3,(H,17,22)(H,18,19,20,21). The van der Waals surface area contributed by atoms with E-state index in [9.17, 15) is 9.59 Å². The predicted molar refractivity (Wildman–Crippen MR) is 84.8 cm³/mol. The summed E-state index contributed by atoms with van der Waals surface area (Å²) in [6, 6.07) is 1.80. The van der Waals surface area contributed by atoms with Crippen LogP contribution in [0.5, 0.6) is 0 Å². The number of nitrogens with one attached hydrogen (secondary N) is 3. The first-order valence-electron chi connectivity index (χ1n) is 8.01. The Morgan fingerprint density at radius 3 is 3.04 bits per heavy atom. The molecule has 2 aromatic heterocycles. The summed E-state index contributed by atoms with van der Waals surface area (Å²) < 4.78 is 5.41. The number of piperidine rings is 1. The molecule has 24 heavy (non-hydrogen) atoms. The lowest BCUT2D eigenvalue weighted by Crippen LogP contribution is -2.32. The van der Waals surface area contributed by atoms with Crippen molar-refractivity contribution < 1.29 is 9.21 Å². The van der Waals surface area contributed by atoms with E-state index in [1.54, 1.807) is 13.0 Å². The van der Waals surface area contributed by atoms with Crippen LogP contribution in [0.25, 0.3) is 0 Å². The zero-order chi connectivity index (χ0) is 16.9. The van der Waals surface area contributed by atoms with Gasteiger partial charge in [0.25, 0.3) is 5.91 Å². The summed E-state index contributed by atoms with van der Waals surface area (Å²) in [4.78, 5) is 24.5. The Labute approximate surface area is 138 Å². The van der Waals surface area contributed by atoms with Crippen LogP contribution in [0.1, 0.15) is 46.3 Å². The third kappa shape index (κ3) is 3.67. The van der Waals surface area contributed by atoms with Crippen molar-refractivity contribution in [3.63, 3.8) is 0 Å². The lowest BCUT2D eigenvalue weighted by Gasteiger charge is -2.22. The zero-order valence-electron chi connectivity index (χ0n) is 13.5. The highest BCUT2D eigenvalue weighted by Gasteiger charge is 2.22. The average molecular weight is 332 g/mol. The minimum absolute atomic E-state index is 0.0515. The molecular formula is C15H20N6O3. The Kier molecular flexibility index (Phi) is 4.99. The number of aromatic amines is 1. The van der Waals surface area contributed by atoms with E-state index in [-0.39, 0.29) is 11.5 Å². The quantitative estimate of drug-likeness (QED) is 0.698. The maximum Gasteiger partial charge on any atom is 0.349 e.